The largest absolute Gasteiger partial charge is 0.459 e. The number of esters is 1. The number of rotatable bonds is 4. The van der Waals surface area contributed by atoms with E-state index in [1.807, 2.05) is 27.7 Å². The van der Waals surface area contributed by atoms with E-state index in [9.17, 15) is 4.79 Å². The van der Waals surface area contributed by atoms with Crippen molar-refractivity contribution in [2.75, 3.05) is 19.6 Å². The second kappa shape index (κ2) is 5.64. The van der Waals surface area contributed by atoms with E-state index in [4.69, 9.17) is 4.74 Å². The molecule has 2 unspecified atom stereocenters. The van der Waals surface area contributed by atoms with Gasteiger partial charge < -0.3 is 15.4 Å². The summed E-state index contributed by atoms with van der Waals surface area (Å²) in [4.78, 5) is 11.7. The third-order valence-corrected chi connectivity index (χ3v) is 2.64. The zero-order chi connectivity index (χ0) is 12.2. The molecular weight excluding hydrogens is 204 g/mol. The third-order valence-electron chi connectivity index (χ3n) is 2.64. The standard InChI is InChI=1S/C12H24N2O2/c1-9(11(15)16-12(2,3)4)14-8-10-5-6-13-7-10/h9-10,13-14H,5-8H2,1-4H3. The Balaban J connectivity index is 2.23. The van der Waals surface area contributed by atoms with E-state index >= 15 is 0 Å². The second-order valence-corrected chi connectivity index (χ2v) is 5.52. The predicted octanol–water partition coefficient (Wildman–Crippen LogP) is 0.916. The van der Waals surface area contributed by atoms with Crippen LogP contribution < -0.4 is 10.6 Å². The minimum atomic E-state index is -0.401. The first kappa shape index (κ1) is 13.5. The van der Waals surface area contributed by atoms with Crippen LogP contribution in [0, 0.1) is 5.92 Å². The van der Waals surface area contributed by atoms with Gasteiger partial charge in [0.05, 0.1) is 0 Å². The van der Waals surface area contributed by atoms with Crippen molar-refractivity contribution in [3.63, 3.8) is 0 Å². The highest BCUT2D eigenvalue weighted by atomic mass is 16.6. The molecule has 0 spiro atoms. The van der Waals surface area contributed by atoms with Gasteiger partial charge >= 0.3 is 5.97 Å². The Hall–Kier alpha value is -0.610. The molecule has 4 nitrogen and oxygen atoms in total. The Morgan fingerprint density at radius 1 is 1.56 bits per heavy atom. The van der Waals surface area contributed by atoms with Crippen LogP contribution in [0.3, 0.4) is 0 Å². The van der Waals surface area contributed by atoms with Crippen LogP contribution in [0.1, 0.15) is 34.1 Å². The highest BCUT2D eigenvalue weighted by molar-refractivity contribution is 5.75. The van der Waals surface area contributed by atoms with Crippen molar-refractivity contribution >= 4 is 5.97 Å². The molecule has 0 aromatic carbocycles. The smallest absolute Gasteiger partial charge is 0.323 e. The molecule has 2 atom stereocenters. The molecule has 0 aromatic rings. The van der Waals surface area contributed by atoms with Crippen LogP contribution in [0.2, 0.25) is 0 Å². The maximum Gasteiger partial charge on any atom is 0.323 e. The van der Waals surface area contributed by atoms with Crippen LogP contribution in [0.4, 0.5) is 0 Å². The fraction of sp³-hybridized carbons (Fsp3) is 0.917. The molecule has 1 rings (SSSR count). The van der Waals surface area contributed by atoms with Crippen LogP contribution in [0.15, 0.2) is 0 Å². The highest BCUT2D eigenvalue weighted by Gasteiger charge is 2.22. The summed E-state index contributed by atoms with van der Waals surface area (Å²) in [5, 5.41) is 6.54. The summed E-state index contributed by atoms with van der Waals surface area (Å²) in [6.07, 6.45) is 1.19. The van der Waals surface area contributed by atoms with Gasteiger partial charge in [-0.15, -0.1) is 0 Å². The Bertz CT molecular complexity index is 230. The van der Waals surface area contributed by atoms with Gasteiger partial charge in [-0.05, 0) is 53.1 Å². The summed E-state index contributed by atoms with van der Waals surface area (Å²) in [6, 6.07) is -0.222. The summed E-state index contributed by atoms with van der Waals surface area (Å²) >= 11 is 0. The Morgan fingerprint density at radius 2 is 2.25 bits per heavy atom. The average molecular weight is 228 g/mol. The Labute approximate surface area is 98.1 Å². The van der Waals surface area contributed by atoms with Gasteiger partial charge in [0.1, 0.15) is 11.6 Å². The molecular formula is C12H24N2O2. The SMILES string of the molecule is CC(NCC1CCNC1)C(=O)OC(C)(C)C. The van der Waals surface area contributed by atoms with Crippen molar-refractivity contribution in [2.24, 2.45) is 5.92 Å². The summed E-state index contributed by atoms with van der Waals surface area (Å²) < 4.78 is 5.30. The molecule has 1 heterocycles. The first-order valence-electron chi connectivity index (χ1n) is 6.05. The third kappa shape index (κ3) is 4.94. The zero-order valence-electron chi connectivity index (χ0n) is 10.8. The van der Waals surface area contributed by atoms with Gasteiger partial charge in [0.15, 0.2) is 0 Å². The molecule has 94 valence electrons. The van der Waals surface area contributed by atoms with Gasteiger partial charge in [-0.25, -0.2) is 0 Å². The molecule has 0 amide bonds. The number of hydrogen-bond acceptors (Lipinski definition) is 4. The quantitative estimate of drug-likeness (QED) is 0.702. The van der Waals surface area contributed by atoms with E-state index in [1.165, 1.54) is 6.42 Å². The highest BCUT2D eigenvalue weighted by Crippen LogP contribution is 2.09. The van der Waals surface area contributed by atoms with Crippen LogP contribution in [-0.2, 0) is 9.53 Å². The summed E-state index contributed by atoms with van der Waals surface area (Å²) in [5.41, 5.74) is -0.401. The topological polar surface area (TPSA) is 50.4 Å². The van der Waals surface area contributed by atoms with Crippen molar-refractivity contribution in [3.8, 4) is 0 Å². The van der Waals surface area contributed by atoms with Gasteiger partial charge in [0.25, 0.3) is 0 Å². The fourth-order valence-electron chi connectivity index (χ4n) is 1.71. The maximum atomic E-state index is 11.7. The first-order valence-corrected chi connectivity index (χ1v) is 6.05. The van der Waals surface area contributed by atoms with E-state index in [-0.39, 0.29) is 12.0 Å². The average Bonchev–Trinajstić information content (AvgIpc) is 2.63. The molecule has 1 aliphatic heterocycles. The van der Waals surface area contributed by atoms with E-state index in [1.54, 1.807) is 0 Å². The monoisotopic (exact) mass is 228 g/mol. The van der Waals surface area contributed by atoms with Gasteiger partial charge in [-0.2, -0.15) is 0 Å². The summed E-state index contributed by atoms with van der Waals surface area (Å²) in [7, 11) is 0. The lowest BCUT2D eigenvalue weighted by Gasteiger charge is -2.23. The van der Waals surface area contributed by atoms with Gasteiger partial charge in [-0.3, -0.25) is 4.79 Å². The normalized spacial score (nSPS) is 23.1. The first-order chi connectivity index (χ1) is 7.38. The van der Waals surface area contributed by atoms with Crippen molar-refractivity contribution in [1.82, 2.24) is 10.6 Å². The lowest BCUT2D eigenvalue weighted by atomic mass is 10.1. The molecule has 0 saturated carbocycles. The van der Waals surface area contributed by atoms with E-state index in [0.29, 0.717) is 5.92 Å². The lowest BCUT2D eigenvalue weighted by molar-refractivity contribution is -0.157. The molecule has 16 heavy (non-hydrogen) atoms. The molecule has 0 bridgehead atoms. The zero-order valence-corrected chi connectivity index (χ0v) is 10.8. The number of carbonyl (C=O) groups is 1. The number of hydrogen-bond donors (Lipinski definition) is 2. The Kier molecular flexibility index (Phi) is 4.74. The number of ether oxygens (including phenoxy) is 1. The van der Waals surface area contributed by atoms with Crippen LogP contribution >= 0.6 is 0 Å². The van der Waals surface area contributed by atoms with Crippen molar-refractivity contribution < 1.29 is 9.53 Å². The molecule has 4 heteroatoms. The van der Waals surface area contributed by atoms with Crippen LogP contribution in [0.5, 0.6) is 0 Å². The molecule has 0 aromatic heterocycles. The van der Waals surface area contributed by atoms with Crippen LogP contribution in [0.25, 0.3) is 0 Å². The molecule has 1 saturated heterocycles. The molecule has 0 aliphatic carbocycles. The Morgan fingerprint density at radius 3 is 2.75 bits per heavy atom. The van der Waals surface area contributed by atoms with Gasteiger partial charge in [0, 0.05) is 6.54 Å². The van der Waals surface area contributed by atoms with Crippen molar-refractivity contribution in [3.05, 3.63) is 0 Å². The minimum absolute atomic E-state index is 0.168. The van der Waals surface area contributed by atoms with Gasteiger partial charge in [0.2, 0.25) is 0 Å². The fourth-order valence-corrected chi connectivity index (χ4v) is 1.71. The van der Waals surface area contributed by atoms with E-state index < -0.39 is 5.60 Å². The number of carbonyl (C=O) groups excluding carboxylic acids is 1. The molecule has 1 aliphatic rings. The van der Waals surface area contributed by atoms with E-state index in [2.05, 4.69) is 10.6 Å². The maximum absolute atomic E-state index is 11.7. The predicted molar refractivity (Wildman–Crippen MR) is 64.3 cm³/mol. The van der Waals surface area contributed by atoms with E-state index in [0.717, 1.165) is 19.6 Å². The van der Waals surface area contributed by atoms with Gasteiger partial charge in [-0.1, -0.05) is 0 Å². The molecule has 2 N–H and O–H groups in total. The minimum Gasteiger partial charge on any atom is -0.459 e. The summed E-state index contributed by atoms with van der Waals surface area (Å²) in [5.74, 6) is 0.475. The summed E-state index contributed by atoms with van der Waals surface area (Å²) in [6.45, 7) is 10.5. The molecule has 1 fully saturated rings. The van der Waals surface area contributed by atoms with Crippen LogP contribution in [-0.4, -0.2) is 37.2 Å². The molecule has 0 radical (unpaired) electrons. The lowest BCUT2D eigenvalue weighted by Crippen LogP contribution is -2.41. The number of nitrogens with one attached hydrogen (secondary N) is 2. The van der Waals surface area contributed by atoms with Crippen molar-refractivity contribution in [2.45, 2.75) is 45.8 Å². The van der Waals surface area contributed by atoms with Crippen molar-refractivity contribution in [1.29, 1.82) is 0 Å². The second-order valence-electron chi connectivity index (χ2n) is 5.52.